The van der Waals surface area contributed by atoms with Crippen molar-refractivity contribution in [1.29, 1.82) is 0 Å². The number of hydrogen-bond donors (Lipinski definition) is 1. The van der Waals surface area contributed by atoms with E-state index in [1.165, 1.54) is 6.92 Å². The summed E-state index contributed by atoms with van der Waals surface area (Å²) in [6, 6.07) is 0. The minimum absolute atomic E-state index is 0.159. The quantitative estimate of drug-likeness (QED) is 0.288. The summed E-state index contributed by atoms with van der Waals surface area (Å²) in [5, 5.41) is 8.05. The summed E-state index contributed by atoms with van der Waals surface area (Å²) in [5.74, 6) is -0.601. The first kappa shape index (κ1) is 10.1. The van der Waals surface area contributed by atoms with Gasteiger partial charge in [0, 0.05) is 0 Å². The van der Waals surface area contributed by atoms with E-state index >= 15 is 0 Å². The van der Waals surface area contributed by atoms with Gasteiger partial charge in [-0.3, -0.25) is 5.26 Å². The second-order valence-electron chi connectivity index (χ2n) is 2.31. The second-order valence-corrected chi connectivity index (χ2v) is 2.31. The van der Waals surface area contributed by atoms with Crippen LogP contribution in [0.4, 0.5) is 0 Å². The maximum atomic E-state index is 10.7. The molecule has 64 valence electrons. The predicted octanol–water partition coefficient (Wildman–Crippen LogP) is 0.984. The van der Waals surface area contributed by atoms with Crippen molar-refractivity contribution in [3.05, 3.63) is 12.2 Å². The molecule has 4 heteroatoms. The Morgan fingerprint density at radius 2 is 2.27 bits per heavy atom. The molecule has 0 aromatic heterocycles. The minimum atomic E-state index is -0.936. The minimum Gasteiger partial charge on any atom is -0.459 e. The molecular weight excluding hydrogens is 148 g/mol. The van der Waals surface area contributed by atoms with Gasteiger partial charge in [-0.15, -0.1) is 0 Å². The van der Waals surface area contributed by atoms with Crippen molar-refractivity contribution in [3.8, 4) is 0 Å². The normalized spacial score (nSPS) is 12.3. The van der Waals surface area contributed by atoms with Crippen molar-refractivity contribution < 1.29 is 19.7 Å². The van der Waals surface area contributed by atoms with Gasteiger partial charge in [0.1, 0.15) is 6.61 Å². The highest BCUT2D eigenvalue weighted by molar-refractivity contribution is 5.74. The van der Waals surface area contributed by atoms with E-state index in [9.17, 15) is 4.79 Å². The zero-order valence-electron chi connectivity index (χ0n) is 6.66. The molecule has 0 aliphatic carbocycles. The lowest BCUT2D eigenvalue weighted by atomic mass is 10.4. The third kappa shape index (κ3) is 4.52. The number of rotatable bonds is 4. The lowest BCUT2D eigenvalue weighted by Gasteiger charge is -2.07. The van der Waals surface area contributed by atoms with E-state index in [0.717, 1.165) is 5.57 Å². The van der Waals surface area contributed by atoms with Crippen molar-refractivity contribution in [2.24, 2.45) is 0 Å². The highest BCUT2D eigenvalue weighted by Crippen LogP contribution is 1.95. The van der Waals surface area contributed by atoms with Crippen LogP contribution in [0.5, 0.6) is 0 Å². The second kappa shape index (κ2) is 4.87. The highest BCUT2D eigenvalue weighted by atomic mass is 17.1. The molecule has 4 nitrogen and oxygen atoms in total. The standard InChI is InChI=1S/C7H12O4/c1-5(2)4-10-7(8)6(3)11-9/h6,9H,1,4H2,2-3H3/t6-/m1/s1. The first-order chi connectivity index (χ1) is 5.07. The molecule has 0 heterocycles. The van der Waals surface area contributed by atoms with Gasteiger partial charge in [-0.25, -0.2) is 9.68 Å². The van der Waals surface area contributed by atoms with Crippen molar-refractivity contribution in [1.82, 2.24) is 0 Å². The first-order valence-corrected chi connectivity index (χ1v) is 3.19. The summed E-state index contributed by atoms with van der Waals surface area (Å²) in [7, 11) is 0. The van der Waals surface area contributed by atoms with Gasteiger partial charge in [-0.1, -0.05) is 6.58 Å². The highest BCUT2D eigenvalue weighted by Gasteiger charge is 2.13. The summed E-state index contributed by atoms with van der Waals surface area (Å²) < 4.78 is 4.63. The van der Waals surface area contributed by atoms with Gasteiger partial charge in [0.05, 0.1) is 0 Å². The molecule has 0 radical (unpaired) electrons. The molecule has 1 atom stereocenters. The zero-order chi connectivity index (χ0) is 8.85. The molecule has 0 aliphatic heterocycles. The van der Waals surface area contributed by atoms with E-state index < -0.39 is 12.1 Å². The van der Waals surface area contributed by atoms with Gasteiger partial charge in [0.2, 0.25) is 0 Å². The van der Waals surface area contributed by atoms with Crippen LogP contribution >= 0.6 is 0 Å². The summed E-state index contributed by atoms with van der Waals surface area (Å²) in [6.45, 7) is 6.81. The average molecular weight is 160 g/mol. The van der Waals surface area contributed by atoms with Crippen LogP contribution < -0.4 is 0 Å². The summed E-state index contributed by atoms with van der Waals surface area (Å²) >= 11 is 0. The molecule has 0 saturated carbocycles. The maximum Gasteiger partial charge on any atom is 0.338 e. The Balaban J connectivity index is 3.60. The van der Waals surface area contributed by atoms with Gasteiger partial charge in [-0.2, -0.15) is 0 Å². The summed E-state index contributed by atoms with van der Waals surface area (Å²) in [5.41, 5.74) is 0.739. The fourth-order valence-corrected chi connectivity index (χ4v) is 0.355. The predicted molar refractivity (Wildman–Crippen MR) is 38.9 cm³/mol. The lowest BCUT2D eigenvalue weighted by molar-refractivity contribution is -0.273. The van der Waals surface area contributed by atoms with Gasteiger partial charge in [-0.05, 0) is 19.4 Å². The van der Waals surface area contributed by atoms with Crippen LogP contribution in [0, 0.1) is 0 Å². The van der Waals surface area contributed by atoms with E-state index in [-0.39, 0.29) is 6.61 Å². The van der Waals surface area contributed by atoms with E-state index in [1.54, 1.807) is 6.92 Å². The van der Waals surface area contributed by atoms with Crippen molar-refractivity contribution in [2.45, 2.75) is 20.0 Å². The Kier molecular flexibility index (Phi) is 4.49. The molecule has 0 fully saturated rings. The molecule has 0 amide bonds. The van der Waals surface area contributed by atoms with Gasteiger partial charge in [0.25, 0.3) is 0 Å². The van der Waals surface area contributed by atoms with Crippen LogP contribution in [-0.2, 0) is 14.4 Å². The Labute approximate surface area is 65.4 Å². The van der Waals surface area contributed by atoms with Crippen LogP contribution in [0.1, 0.15) is 13.8 Å². The van der Waals surface area contributed by atoms with Crippen molar-refractivity contribution >= 4 is 5.97 Å². The lowest BCUT2D eigenvalue weighted by Crippen LogP contribution is -2.22. The number of esters is 1. The molecule has 0 aromatic rings. The van der Waals surface area contributed by atoms with Crippen LogP contribution in [0.25, 0.3) is 0 Å². The third-order valence-electron chi connectivity index (χ3n) is 0.951. The smallest absolute Gasteiger partial charge is 0.338 e. The Hall–Kier alpha value is -0.870. The summed E-state index contributed by atoms with van der Waals surface area (Å²) in [6.07, 6.45) is -0.936. The van der Waals surface area contributed by atoms with Crippen LogP contribution in [0.3, 0.4) is 0 Å². The van der Waals surface area contributed by atoms with Crippen LogP contribution in [0.2, 0.25) is 0 Å². The van der Waals surface area contributed by atoms with Crippen LogP contribution in [-0.4, -0.2) is 23.9 Å². The van der Waals surface area contributed by atoms with E-state index in [2.05, 4.69) is 16.2 Å². The molecule has 0 aromatic carbocycles. The molecule has 0 spiro atoms. The Morgan fingerprint density at radius 1 is 1.73 bits per heavy atom. The van der Waals surface area contributed by atoms with Gasteiger partial charge >= 0.3 is 5.97 Å². The number of carbonyl (C=O) groups excluding carboxylic acids is 1. The van der Waals surface area contributed by atoms with Crippen LogP contribution in [0.15, 0.2) is 12.2 Å². The Morgan fingerprint density at radius 3 is 2.64 bits per heavy atom. The number of ether oxygens (including phenoxy) is 1. The molecule has 1 N–H and O–H groups in total. The molecular formula is C7H12O4. The Bertz CT molecular complexity index is 153. The fraction of sp³-hybridized carbons (Fsp3) is 0.571. The average Bonchev–Trinajstić information content (AvgIpc) is 1.98. The molecule has 11 heavy (non-hydrogen) atoms. The molecule has 0 rings (SSSR count). The molecule has 0 bridgehead atoms. The molecule has 0 aliphatic rings. The largest absolute Gasteiger partial charge is 0.459 e. The SMILES string of the molecule is C=C(C)COC(=O)[C@@H](C)OO. The van der Waals surface area contributed by atoms with E-state index in [1.807, 2.05) is 0 Å². The first-order valence-electron chi connectivity index (χ1n) is 3.19. The van der Waals surface area contributed by atoms with Gasteiger partial charge < -0.3 is 4.74 Å². The van der Waals surface area contributed by atoms with Crippen molar-refractivity contribution in [2.75, 3.05) is 6.61 Å². The topological polar surface area (TPSA) is 55.8 Å². The molecule has 0 unspecified atom stereocenters. The van der Waals surface area contributed by atoms with Crippen molar-refractivity contribution in [3.63, 3.8) is 0 Å². The number of carbonyl (C=O) groups is 1. The number of hydrogen-bond acceptors (Lipinski definition) is 4. The summed E-state index contributed by atoms with van der Waals surface area (Å²) in [4.78, 5) is 14.5. The fourth-order valence-electron chi connectivity index (χ4n) is 0.355. The van der Waals surface area contributed by atoms with E-state index in [4.69, 9.17) is 5.26 Å². The van der Waals surface area contributed by atoms with E-state index in [0.29, 0.717) is 0 Å². The maximum absolute atomic E-state index is 10.7. The molecule has 0 saturated heterocycles. The monoisotopic (exact) mass is 160 g/mol. The third-order valence-corrected chi connectivity index (χ3v) is 0.951. The van der Waals surface area contributed by atoms with Gasteiger partial charge in [0.15, 0.2) is 6.10 Å². The zero-order valence-corrected chi connectivity index (χ0v) is 6.66.